The van der Waals surface area contributed by atoms with Gasteiger partial charge < -0.3 is 15.1 Å². The molecule has 0 atom stereocenters. The van der Waals surface area contributed by atoms with Gasteiger partial charge in [0.1, 0.15) is 18.0 Å². The monoisotopic (exact) mass is 265 g/mol. The van der Waals surface area contributed by atoms with Crippen LogP contribution in [0.4, 0.5) is 11.6 Å². The molecule has 0 aromatic carbocycles. The fraction of sp³-hybridized carbons (Fsp3) is 0.714. The van der Waals surface area contributed by atoms with Gasteiger partial charge in [-0.25, -0.2) is 9.97 Å². The lowest BCUT2D eigenvalue weighted by atomic mass is 10.2. The van der Waals surface area contributed by atoms with Crippen molar-refractivity contribution in [1.29, 1.82) is 0 Å². The van der Waals surface area contributed by atoms with E-state index in [1.807, 2.05) is 7.05 Å². The Labute approximate surface area is 117 Å². The molecule has 0 aliphatic rings. The molecule has 108 valence electrons. The predicted octanol–water partition coefficient (Wildman–Crippen LogP) is 1.76. The van der Waals surface area contributed by atoms with E-state index in [1.54, 1.807) is 6.33 Å². The normalized spacial score (nSPS) is 10.5. The Morgan fingerprint density at radius 3 is 2.26 bits per heavy atom. The highest BCUT2D eigenvalue weighted by atomic mass is 15.2. The zero-order valence-corrected chi connectivity index (χ0v) is 12.7. The molecule has 0 fully saturated rings. The first-order chi connectivity index (χ1) is 9.19. The predicted molar refractivity (Wildman–Crippen MR) is 82.0 cm³/mol. The van der Waals surface area contributed by atoms with Crippen molar-refractivity contribution >= 4 is 11.6 Å². The molecule has 5 nitrogen and oxygen atoms in total. The van der Waals surface area contributed by atoms with E-state index in [2.05, 4.69) is 52.2 Å². The number of hydrogen-bond acceptors (Lipinski definition) is 5. The number of aromatic nitrogens is 2. The fourth-order valence-electron chi connectivity index (χ4n) is 1.86. The van der Waals surface area contributed by atoms with Crippen molar-refractivity contribution in [3.05, 3.63) is 12.4 Å². The second kappa shape index (κ2) is 8.69. The van der Waals surface area contributed by atoms with Gasteiger partial charge in [0.15, 0.2) is 0 Å². The van der Waals surface area contributed by atoms with E-state index in [4.69, 9.17) is 0 Å². The SMILES string of the molecule is CCCCCN(C)c1cc(N(C)CCNC)ncn1. The van der Waals surface area contributed by atoms with Crippen LogP contribution in [0.2, 0.25) is 0 Å². The number of nitrogens with one attached hydrogen (secondary N) is 1. The Kier molecular flexibility index (Phi) is 7.18. The Hall–Kier alpha value is -1.36. The molecule has 1 heterocycles. The van der Waals surface area contributed by atoms with Crippen LogP contribution in [-0.2, 0) is 0 Å². The molecule has 0 radical (unpaired) electrons. The van der Waals surface area contributed by atoms with Crippen molar-refractivity contribution < 1.29 is 0 Å². The summed E-state index contributed by atoms with van der Waals surface area (Å²) in [5, 5.41) is 3.14. The van der Waals surface area contributed by atoms with Crippen molar-refractivity contribution in [2.75, 3.05) is 50.6 Å². The molecular formula is C14H27N5. The van der Waals surface area contributed by atoms with Crippen LogP contribution in [0.1, 0.15) is 26.2 Å². The Morgan fingerprint density at radius 1 is 1.05 bits per heavy atom. The molecule has 19 heavy (non-hydrogen) atoms. The van der Waals surface area contributed by atoms with Crippen molar-refractivity contribution in [1.82, 2.24) is 15.3 Å². The molecule has 0 aliphatic heterocycles. The van der Waals surface area contributed by atoms with Gasteiger partial charge in [-0.3, -0.25) is 0 Å². The third-order valence-corrected chi connectivity index (χ3v) is 3.21. The summed E-state index contributed by atoms with van der Waals surface area (Å²) in [5.41, 5.74) is 0. The largest absolute Gasteiger partial charge is 0.360 e. The molecule has 0 bridgehead atoms. The van der Waals surface area contributed by atoms with Crippen LogP contribution in [0.5, 0.6) is 0 Å². The number of nitrogens with zero attached hydrogens (tertiary/aromatic N) is 4. The minimum absolute atomic E-state index is 0.937. The van der Waals surface area contributed by atoms with Crippen LogP contribution < -0.4 is 15.1 Å². The van der Waals surface area contributed by atoms with Gasteiger partial charge in [0.05, 0.1) is 0 Å². The minimum Gasteiger partial charge on any atom is -0.360 e. The van der Waals surface area contributed by atoms with Crippen molar-refractivity contribution in [2.24, 2.45) is 0 Å². The second-order valence-corrected chi connectivity index (χ2v) is 4.89. The summed E-state index contributed by atoms with van der Waals surface area (Å²) in [6.45, 7) is 5.15. The first kappa shape index (κ1) is 15.7. The summed E-state index contributed by atoms with van der Waals surface area (Å²) < 4.78 is 0. The average Bonchev–Trinajstić information content (AvgIpc) is 2.45. The van der Waals surface area contributed by atoms with Crippen LogP contribution in [0.3, 0.4) is 0 Å². The first-order valence-corrected chi connectivity index (χ1v) is 7.08. The number of hydrogen-bond donors (Lipinski definition) is 1. The smallest absolute Gasteiger partial charge is 0.133 e. The van der Waals surface area contributed by atoms with Gasteiger partial charge in [0, 0.05) is 39.8 Å². The van der Waals surface area contributed by atoms with Gasteiger partial charge in [-0.05, 0) is 13.5 Å². The first-order valence-electron chi connectivity index (χ1n) is 7.08. The van der Waals surface area contributed by atoms with Crippen LogP contribution in [0, 0.1) is 0 Å². The molecule has 0 aliphatic carbocycles. The van der Waals surface area contributed by atoms with Gasteiger partial charge in [0.25, 0.3) is 0 Å². The van der Waals surface area contributed by atoms with E-state index in [9.17, 15) is 0 Å². The lowest BCUT2D eigenvalue weighted by Gasteiger charge is -2.21. The molecule has 0 unspecified atom stereocenters. The maximum atomic E-state index is 4.35. The molecule has 0 amide bonds. The van der Waals surface area contributed by atoms with Crippen LogP contribution in [0.25, 0.3) is 0 Å². The summed E-state index contributed by atoms with van der Waals surface area (Å²) >= 11 is 0. The summed E-state index contributed by atoms with van der Waals surface area (Å²) in [7, 11) is 6.11. The quantitative estimate of drug-likeness (QED) is 0.689. The van der Waals surface area contributed by atoms with Gasteiger partial charge in [-0.1, -0.05) is 19.8 Å². The molecule has 1 aromatic heterocycles. The summed E-state index contributed by atoms with van der Waals surface area (Å²) in [4.78, 5) is 13.0. The van der Waals surface area contributed by atoms with Crippen LogP contribution in [-0.4, -0.2) is 50.7 Å². The average molecular weight is 265 g/mol. The summed E-state index contributed by atoms with van der Waals surface area (Å²) in [5.74, 6) is 1.97. The highest BCUT2D eigenvalue weighted by Gasteiger charge is 2.07. The number of likely N-dealkylation sites (N-methyl/N-ethyl adjacent to an activating group) is 2. The molecule has 0 saturated carbocycles. The fourth-order valence-corrected chi connectivity index (χ4v) is 1.86. The highest BCUT2D eigenvalue weighted by Crippen LogP contribution is 2.15. The highest BCUT2D eigenvalue weighted by molar-refractivity contribution is 5.49. The minimum atomic E-state index is 0.937. The van der Waals surface area contributed by atoms with E-state index in [0.29, 0.717) is 0 Å². The molecule has 5 heteroatoms. The number of rotatable bonds is 9. The third-order valence-electron chi connectivity index (χ3n) is 3.21. The molecule has 0 saturated heterocycles. The van der Waals surface area contributed by atoms with Crippen molar-refractivity contribution in [2.45, 2.75) is 26.2 Å². The van der Waals surface area contributed by atoms with Gasteiger partial charge in [0.2, 0.25) is 0 Å². The van der Waals surface area contributed by atoms with Gasteiger partial charge >= 0.3 is 0 Å². The lowest BCUT2D eigenvalue weighted by molar-refractivity contribution is 0.700. The zero-order valence-electron chi connectivity index (χ0n) is 12.7. The van der Waals surface area contributed by atoms with Gasteiger partial charge in [-0.15, -0.1) is 0 Å². The Bertz CT molecular complexity index is 355. The topological polar surface area (TPSA) is 44.3 Å². The zero-order chi connectivity index (χ0) is 14.1. The lowest BCUT2D eigenvalue weighted by Crippen LogP contribution is -2.28. The summed E-state index contributed by atoms with van der Waals surface area (Å²) in [6, 6.07) is 2.06. The van der Waals surface area contributed by atoms with E-state index in [-0.39, 0.29) is 0 Å². The van der Waals surface area contributed by atoms with E-state index >= 15 is 0 Å². The maximum Gasteiger partial charge on any atom is 0.133 e. The number of unbranched alkanes of at least 4 members (excludes halogenated alkanes) is 2. The van der Waals surface area contributed by atoms with E-state index in [1.165, 1.54) is 19.3 Å². The molecule has 1 N–H and O–H groups in total. The van der Waals surface area contributed by atoms with Crippen LogP contribution >= 0.6 is 0 Å². The number of anilines is 2. The van der Waals surface area contributed by atoms with Crippen molar-refractivity contribution in [3.63, 3.8) is 0 Å². The standard InChI is InChI=1S/C14H27N5/c1-5-6-7-9-18(3)13-11-14(17-12-16-13)19(4)10-8-15-2/h11-12,15H,5-10H2,1-4H3. The summed E-state index contributed by atoms with van der Waals surface area (Å²) in [6.07, 6.45) is 5.37. The maximum absolute atomic E-state index is 4.35. The van der Waals surface area contributed by atoms with Crippen LogP contribution in [0.15, 0.2) is 12.4 Å². The molecule has 0 spiro atoms. The molecule has 1 aromatic rings. The Balaban J connectivity index is 2.60. The van der Waals surface area contributed by atoms with E-state index < -0.39 is 0 Å². The van der Waals surface area contributed by atoms with Crippen molar-refractivity contribution in [3.8, 4) is 0 Å². The third kappa shape index (κ3) is 5.42. The van der Waals surface area contributed by atoms with E-state index in [0.717, 1.165) is 31.3 Å². The second-order valence-electron chi connectivity index (χ2n) is 4.89. The Morgan fingerprint density at radius 2 is 1.68 bits per heavy atom. The van der Waals surface area contributed by atoms with Gasteiger partial charge in [-0.2, -0.15) is 0 Å². The molecular weight excluding hydrogens is 238 g/mol. The molecule has 1 rings (SSSR count).